The number of halogens is 1. The van der Waals surface area contributed by atoms with Gasteiger partial charge in [0.05, 0.1) is 13.2 Å². The fourth-order valence-electron chi connectivity index (χ4n) is 4.40. The molecule has 2 amide bonds. The Hall–Kier alpha value is -3.25. The minimum absolute atomic E-state index is 0.0235. The predicted octanol–water partition coefficient (Wildman–Crippen LogP) is 5.02. The summed E-state index contributed by atoms with van der Waals surface area (Å²) < 4.78 is 7.46. The van der Waals surface area contributed by atoms with Gasteiger partial charge in [-0.2, -0.15) is 0 Å². The third-order valence-corrected chi connectivity index (χ3v) is 6.46. The molecule has 0 spiro atoms. The Bertz CT molecular complexity index is 1180. The first-order valence-corrected chi connectivity index (χ1v) is 11.7. The van der Waals surface area contributed by atoms with Gasteiger partial charge in [0.1, 0.15) is 12.3 Å². The zero-order valence-electron chi connectivity index (χ0n) is 20.0. The smallest absolute Gasteiger partial charge is 0.254 e. The van der Waals surface area contributed by atoms with Crippen LogP contribution in [0.5, 0.6) is 5.75 Å². The van der Waals surface area contributed by atoms with Crippen molar-refractivity contribution in [3.8, 4) is 5.75 Å². The second-order valence-electron chi connectivity index (χ2n) is 9.46. The highest BCUT2D eigenvalue weighted by molar-refractivity contribution is 6.30. The van der Waals surface area contributed by atoms with Gasteiger partial charge in [-0.3, -0.25) is 9.59 Å². The molecule has 0 saturated heterocycles. The van der Waals surface area contributed by atoms with Crippen LogP contribution in [0.1, 0.15) is 48.4 Å². The molecule has 2 aromatic carbocycles. The van der Waals surface area contributed by atoms with Crippen LogP contribution in [0.15, 0.2) is 66.9 Å². The summed E-state index contributed by atoms with van der Waals surface area (Å²) >= 11 is 6.12. The number of nitrogens with zero attached hydrogens (tertiary/aromatic N) is 3. The van der Waals surface area contributed by atoms with Gasteiger partial charge >= 0.3 is 0 Å². The largest absolute Gasteiger partial charge is 0.497 e. The number of methoxy groups -OCH3 is 1. The van der Waals surface area contributed by atoms with E-state index in [4.69, 9.17) is 16.3 Å². The number of hydrogen-bond acceptors (Lipinski definition) is 3. The Kier molecular flexibility index (Phi) is 6.71. The first-order chi connectivity index (χ1) is 16.2. The van der Waals surface area contributed by atoms with Crippen LogP contribution in [0.4, 0.5) is 0 Å². The second kappa shape index (κ2) is 9.55. The molecule has 2 heterocycles. The van der Waals surface area contributed by atoms with Crippen LogP contribution in [-0.2, 0) is 11.3 Å². The second-order valence-corrected chi connectivity index (χ2v) is 9.90. The van der Waals surface area contributed by atoms with Crippen molar-refractivity contribution in [2.24, 2.45) is 0 Å². The van der Waals surface area contributed by atoms with Crippen LogP contribution in [0.3, 0.4) is 0 Å². The molecule has 1 atom stereocenters. The number of benzene rings is 2. The first-order valence-electron chi connectivity index (χ1n) is 11.3. The summed E-state index contributed by atoms with van der Waals surface area (Å²) in [5.41, 5.74) is 1.97. The van der Waals surface area contributed by atoms with E-state index in [9.17, 15) is 9.59 Å². The number of ether oxygens (including phenoxy) is 1. The number of carbonyl (C=O) groups is 2. The standard InChI is InChI=1S/C27H30ClN3O3/c1-27(2,3)31(26(33)20-7-5-8-22(17-20)34-4)18-24(32)30-16-15-29-14-6-9-23(29)25(30)19-10-12-21(28)13-11-19/h5-14,17,25H,15-16,18H2,1-4H3/t25-/m1/s1. The average molecular weight is 480 g/mol. The highest BCUT2D eigenvalue weighted by Gasteiger charge is 2.36. The molecule has 178 valence electrons. The zero-order valence-corrected chi connectivity index (χ0v) is 20.7. The summed E-state index contributed by atoms with van der Waals surface area (Å²) in [4.78, 5) is 30.8. The van der Waals surface area contributed by atoms with Crippen LogP contribution in [-0.4, -0.2) is 51.9 Å². The molecule has 0 aliphatic carbocycles. The van der Waals surface area contributed by atoms with Gasteiger partial charge in [-0.15, -0.1) is 0 Å². The van der Waals surface area contributed by atoms with Crippen molar-refractivity contribution in [3.05, 3.63) is 88.7 Å². The molecule has 0 bridgehead atoms. The number of aromatic nitrogens is 1. The molecule has 0 unspecified atom stereocenters. The zero-order chi connectivity index (χ0) is 24.5. The van der Waals surface area contributed by atoms with Crippen molar-refractivity contribution in [2.75, 3.05) is 20.2 Å². The molecule has 0 fully saturated rings. The fourth-order valence-corrected chi connectivity index (χ4v) is 4.53. The van der Waals surface area contributed by atoms with Gasteiger partial charge in [0.15, 0.2) is 0 Å². The fraction of sp³-hybridized carbons (Fsp3) is 0.333. The number of carbonyl (C=O) groups excluding carboxylic acids is 2. The van der Waals surface area contributed by atoms with Gasteiger partial charge in [-0.25, -0.2) is 0 Å². The summed E-state index contributed by atoms with van der Waals surface area (Å²) in [6.07, 6.45) is 2.04. The topological polar surface area (TPSA) is 54.8 Å². The molecule has 0 radical (unpaired) electrons. The van der Waals surface area contributed by atoms with Crippen molar-refractivity contribution in [1.29, 1.82) is 0 Å². The van der Waals surface area contributed by atoms with Crippen molar-refractivity contribution < 1.29 is 14.3 Å². The Labute approximate surface area is 205 Å². The third-order valence-electron chi connectivity index (χ3n) is 6.21. The van der Waals surface area contributed by atoms with Crippen LogP contribution in [0.2, 0.25) is 5.02 Å². The summed E-state index contributed by atoms with van der Waals surface area (Å²) in [7, 11) is 1.57. The van der Waals surface area contributed by atoms with E-state index in [0.717, 1.165) is 11.3 Å². The third kappa shape index (κ3) is 4.82. The highest BCUT2D eigenvalue weighted by Crippen LogP contribution is 2.33. The number of rotatable bonds is 5. The molecule has 1 aliphatic rings. The lowest BCUT2D eigenvalue weighted by Gasteiger charge is -2.41. The van der Waals surface area contributed by atoms with Crippen LogP contribution in [0, 0.1) is 0 Å². The van der Waals surface area contributed by atoms with E-state index >= 15 is 0 Å². The number of amides is 2. The molecule has 0 saturated carbocycles. The SMILES string of the molecule is COc1cccc(C(=O)N(CC(=O)N2CCn3cccc3[C@H]2c2ccc(Cl)cc2)C(C)(C)C)c1. The number of hydrogen-bond donors (Lipinski definition) is 0. The summed E-state index contributed by atoms with van der Waals surface area (Å²) in [6, 6.07) is 18.4. The lowest BCUT2D eigenvalue weighted by molar-refractivity contribution is -0.135. The maximum Gasteiger partial charge on any atom is 0.254 e. The lowest BCUT2D eigenvalue weighted by Crippen LogP contribution is -2.53. The van der Waals surface area contributed by atoms with Crippen molar-refractivity contribution in [2.45, 2.75) is 38.9 Å². The summed E-state index contributed by atoms with van der Waals surface area (Å²) in [6.45, 7) is 7.06. The van der Waals surface area contributed by atoms with E-state index in [2.05, 4.69) is 4.57 Å². The Morgan fingerprint density at radius 1 is 1.06 bits per heavy atom. The minimum Gasteiger partial charge on any atom is -0.497 e. The van der Waals surface area contributed by atoms with Gasteiger partial charge in [0.2, 0.25) is 5.91 Å². The monoisotopic (exact) mass is 479 g/mol. The Morgan fingerprint density at radius 2 is 1.79 bits per heavy atom. The van der Waals surface area contributed by atoms with Crippen LogP contribution < -0.4 is 4.74 Å². The van der Waals surface area contributed by atoms with Gasteiger partial charge in [-0.05, 0) is 68.8 Å². The summed E-state index contributed by atoms with van der Waals surface area (Å²) in [5.74, 6) is 0.298. The van der Waals surface area contributed by atoms with Crippen LogP contribution in [0.25, 0.3) is 0 Å². The van der Waals surface area contributed by atoms with Crippen molar-refractivity contribution in [3.63, 3.8) is 0 Å². The van der Waals surface area contributed by atoms with Gasteiger partial charge in [0.25, 0.3) is 5.91 Å². The molecular weight excluding hydrogens is 450 g/mol. The maximum atomic E-state index is 13.8. The molecule has 34 heavy (non-hydrogen) atoms. The van der Waals surface area contributed by atoms with Gasteiger partial charge in [-0.1, -0.05) is 29.8 Å². The molecule has 6 nitrogen and oxygen atoms in total. The van der Waals surface area contributed by atoms with E-state index < -0.39 is 5.54 Å². The summed E-state index contributed by atoms with van der Waals surface area (Å²) in [5, 5.41) is 0.649. The molecule has 1 aromatic heterocycles. The number of fused-ring (bicyclic) bond motifs is 1. The maximum absolute atomic E-state index is 13.8. The molecular formula is C27H30ClN3O3. The quantitative estimate of drug-likeness (QED) is 0.516. The van der Waals surface area contributed by atoms with Crippen molar-refractivity contribution in [1.82, 2.24) is 14.4 Å². The van der Waals surface area contributed by atoms with E-state index in [0.29, 0.717) is 29.4 Å². The normalized spacial score (nSPS) is 15.6. The highest BCUT2D eigenvalue weighted by atomic mass is 35.5. The van der Waals surface area contributed by atoms with Crippen molar-refractivity contribution >= 4 is 23.4 Å². The lowest BCUT2D eigenvalue weighted by atomic mass is 9.99. The molecule has 1 aliphatic heterocycles. The molecule has 4 rings (SSSR count). The Balaban J connectivity index is 1.65. The van der Waals surface area contributed by atoms with Crippen LogP contribution >= 0.6 is 11.6 Å². The first kappa shape index (κ1) is 23.9. The van der Waals surface area contributed by atoms with E-state index in [1.54, 1.807) is 36.3 Å². The molecule has 3 aromatic rings. The van der Waals surface area contributed by atoms with Gasteiger partial charge in [0, 0.05) is 41.1 Å². The van der Waals surface area contributed by atoms with E-state index in [-0.39, 0.29) is 24.4 Å². The average Bonchev–Trinajstić information content (AvgIpc) is 3.30. The molecule has 0 N–H and O–H groups in total. The minimum atomic E-state index is -0.554. The predicted molar refractivity (Wildman–Crippen MR) is 133 cm³/mol. The molecule has 7 heteroatoms. The van der Waals surface area contributed by atoms with E-state index in [1.807, 2.05) is 68.3 Å². The van der Waals surface area contributed by atoms with Gasteiger partial charge < -0.3 is 19.1 Å². The Morgan fingerprint density at radius 3 is 2.47 bits per heavy atom. The van der Waals surface area contributed by atoms with E-state index in [1.165, 1.54) is 0 Å².